The van der Waals surface area contributed by atoms with Gasteiger partial charge in [0.05, 0.1) is 0 Å². The fourth-order valence-corrected chi connectivity index (χ4v) is 1.50. The van der Waals surface area contributed by atoms with Gasteiger partial charge in [-0.2, -0.15) is 0 Å². The normalized spacial score (nSPS) is 22.0. The average Bonchev–Trinajstić information content (AvgIpc) is 2.51. The summed E-state index contributed by atoms with van der Waals surface area (Å²) < 4.78 is 0. The molecule has 0 atom stereocenters. The SMILES string of the molecule is C/C=C1/C(=O)CC/C1=C/CC.CC. The monoisotopic (exact) mass is 180 g/mol. The van der Waals surface area contributed by atoms with Gasteiger partial charge in [0.1, 0.15) is 0 Å². The largest absolute Gasteiger partial charge is 0.294 e. The Morgan fingerprint density at radius 1 is 1.31 bits per heavy atom. The summed E-state index contributed by atoms with van der Waals surface area (Å²) in [5, 5.41) is 0. The standard InChI is InChI=1S/C10H14O.C2H6/c1-3-5-8-6-7-10(11)9(8)4-2;1-2/h4-5H,3,6-7H2,1-2H3;1-2H3/b8-5-,9-4+;. The van der Waals surface area contributed by atoms with E-state index in [2.05, 4.69) is 13.0 Å². The van der Waals surface area contributed by atoms with Crippen molar-refractivity contribution < 1.29 is 4.79 Å². The Morgan fingerprint density at radius 3 is 2.38 bits per heavy atom. The summed E-state index contributed by atoms with van der Waals surface area (Å²) in [5.74, 6) is 0.312. The highest BCUT2D eigenvalue weighted by Gasteiger charge is 2.20. The molecule has 0 spiro atoms. The maximum Gasteiger partial charge on any atom is 0.163 e. The molecule has 0 unspecified atom stereocenters. The highest BCUT2D eigenvalue weighted by Crippen LogP contribution is 2.27. The van der Waals surface area contributed by atoms with E-state index < -0.39 is 0 Å². The van der Waals surface area contributed by atoms with Crippen LogP contribution in [0.25, 0.3) is 0 Å². The molecule has 0 N–H and O–H groups in total. The van der Waals surface area contributed by atoms with Crippen LogP contribution in [-0.4, -0.2) is 5.78 Å². The quantitative estimate of drug-likeness (QED) is 0.563. The van der Waals surface area contributed by atoms with E-state index in [9.17, 15) is 4.79 Å². The summed E-state index contributed by atoms with van der Waals surface area (Å²) in [4.78, 5) is 11.2. The van der Waals surface area contributed by atoms with Gasteiger partial charge in [0.15, 0.2) is 5.78 Å². The third-order valence-electron chi connectivity index (χ3n) is 2.01. The van der Waals surface area contributed by atoms with Gasteiger partial charge in [-0.15, -0.1) is 0 Å². The van der Waals surface area contributed by atoms with Crippen molar-refractivity contribution in [2.45, 2.75) is 47.0 Å². The topological polar surface area (TPSA) is 17.1 Å². The van der Waals surface area contributed by atoms with Gasteiger partial charge in [0.25, 0.3) is 0 Å². The van der Waals surface area contributed by atoms with Crippen LogP contribution in [0, 0.1) is 0 Å². The van der Waals surface area contributed by atoms with Crippen molar-refractivity contribution in [2.75, 3.05) is 0 Å². The van der Waals surface area contributed by atoms with Crippen LogP contribution in [0.2, 0.25) is 0 Å². The maximum absolute atomic E-state index is 11.2. The van der Waals surface area contributed by atoms with Gasteiger partial charge >= 0.3 is 0 Å². The lowest BCUT2D eigenvalue weighted by atomic mass is 10.1. The molecule has 1 heteroatoms. The Kier molecular flexibility index (Phi) is 6.21. The third-order valence-corrected chi connectivity index (χ3v) is 2.01. The Hall–Kier alpha value is -0.850. The number of Topliss-reactive ketones (excluding diaryl/α,β-unsaturated/α-hetero) is 1. The lowest BCUT2D eigenvalue weighted by molar-refractivity contribution is -0.114. The van der Waals surface area contributed by atoms with E-state index in [0.717, 1.165) is 18.4 Å². The van der Waals surface area contributed by atoms with E-state index in [-0.39, 0.29) is 0 Å². The van der Waals surface area contributed by atoms with Crippen molar-refractivity contribution in [3.63, 3.8) is 0 Å². The molecule has 0 aromatic heterocycles. The van der Waals surface area contributed by atoms with E-state index in [1.165, 1.54) is 5.57 Å². The number of hydrogen-bond donors (Lipinski definition) is 0. The van der Waals surface area contributed by atoms with Crippen LogP contribution in [0.5, 0.6) is 0 Å². The first-order valence-corrected chi connectivity index (χ1v) is 5.18. The second-order valence-corrected chi connectivity index (χ2v) is 2.76. The van der Waals surface area contributed by atoms with Crippen LogP contribution in [0.1, 0.15) is 47.0 Å². The van der Waals surface area contributed by atoms with Crippen molar-refractivity contribution in [1.29, 1.82) is 0 Å². The van der Waals surface area contributed by atoms with E-state index in [4.69, 9.17) is 0 Å². The van der Waals surface area contributed by atoms with E-state index in [1.54, 1.807) is 0 Å². The molecule has 1 rings (SSSR count). The smallest absolute Gasteiger partial charge is 0.163 e. The van der Waals surface area contributed by atoms with Crippen LogP contribution >= 0.6 is 0 Å². The fraction of sp³-hybridized carbons (Fsp3) is 0.583. The molecule has 0 heterocycles. The molecule has 0 aromatic carbocycles. The Labute approximate surface area is 81.5 Å². The zero-order valence-corrected chi connectivity index (χ0v) is 9.18. The molecular formula is C12H20O. The van der Waals surface area contributed by atoms with Crippen molar-refractivity contribution in [1.82, 2.24) is 0 Å². The highest BCUT2D eigenvalue weighted by atomic mass is 16.1. The Balaban J connectivity index is 0.000000671. The molecule has 1 aliphatic carbocycles. The van der Waals surface area contributed by atoms with Gasteiger partial charge < -0.3 is 0 Å². The van der Waals surface area contributed by atoms with Crippen LogP contribution in [0.15, 0.2) is 23.3 Å². The second-order valence-electron chi connectivity index (χ2n) is 2.76. The number of rotatable bonds is 1. The molecule has 1 nitrogen and oxygen atoms in total. The van der Waals surface area contributed by atoms with Crippen LogP contribution in [0.3, 0.4) is 0 Å². The molecule has 1 saturated carbocycles. The van der Waals surface area contributed by atoms with Crippen LogP contribution in [-0.2, 0) is 4.79 Å². The molecule has 74 valence electrons. The van der Waals surface area contributed by atoms with Gasteiger partial charge in [0, 0.05) is 12.0 Å². The zero-order chi connectivity index (χ0) is 10.3. The summed E-state index contributed by atoms with van der Waals surface area (Å²) in [6.07, 6.45) is 6.77. The van der Waals surface area contributed by atoms with Gasteiger partial charge in [-0.05, 0) is 25.3 Å². The highest BCUT2D eigenvalue weighted by molar-refractivity contribution is 6.02. The molecule has 0 aromatic rings. The summed E-state index contributed by atoms with van der Waals surface area (Å²) in [6.45, 7) is 8.03. The maximum atomic E-state index is 11.2. The van der Waals surface area contributed by atoms with Crippen molar-refractivity contribution in [3.05, 3.63) is 23.3 Å². The molecule has 0 bridgehead atoms. The van der Waals surface area contributed by atoms with Gasteiger partial charge in [-0.1, -0.05) is 32.9 Å². The number of carbonyl (C=O) groups is 1. The van der Waals surface area contributed by atoms with Crippen molar-refractivity contribution in [2.24, 2.45) is 0 Å². The second kappa shape index (κ2) is 6.64. The fourth-order valence-electron chi connectivity index (χ4n) is 1.50. The number of allylic oxidation sites excluding steroid dienone is 4. The number of carbonyl (C=O) groups excluding carboxylic acids is 1. The minimum absolute atomic E-state index is 0.312. The minimum Gasteiger partial charge on any atom is -0.294 e. The van der Waals surface area contributed by atoms with Gasteiger partial charge in [-0.25, -0.2) is 0 Å². The zero-order valence-electron chi connectivity index (χ0n) is 9.18. The van der Waals surface area contributed by atoms with E-state index in [0.29, 0.717) is 12.2 Å². The lowest BCUT2D eigenvalue weighted by Gasteiger charge is -1.95. The first kappa shape index (κ1) is 12.2. The van der Waals surface area contributed by atoms with Crippen molar-refractivity contribution >= 4 is 5.78 Å². The Bertz CT molecular complexity index is 221. The summed E-state index contributed by atoms with van der Waals surface area (Å²) in [5.41, 5.74) is 2.20. The molecule has 0 amide bonds. The predicted octanol–water partition coefficient (Wildman–Crippen LogP) is 3.66. The van der Waals surface area contributed by atoms with Crippen LogP contribution < -0.4 is 0 Å². The summed E-state index contributed by atoms with van der Waals surface area (Å²) >= 11 is 0. The first-order chi connectivity index (χ1) is 6.29. The molecule has 0 radical (unpaired) electrons. The van der Waals surface area contributed by atoms with Gasteiger partial charge in [0.2, 0.25) is 0 Å². The average molecular weight is 180 g/mol. The summed E-state index contributed by atoms with van der Waals surface area (Å²) in [6, 6.07) is 0. The van der Waals surface area contributed by atoms with E-state index in [1.807, 2.05) is 26.8 Å². The minimum atomic E-state index is 0.312. The molecular weight excluding hydrogens is 160 g/mol. The third kappa shape index (κ3) is 3.17. The van der Waals surface area contributed by atoms with Crippen LogP contribution in [0.4, 0.5) is 0 Å². The molecule has 1 aliphatic rings. The number of hydrogen-bond acceptors (Lipinski definition) is 1. The first-order valence-electron chi connectivity index (χ1n) is 5.18. The lowest BCUT2D eigenvalue weighted by Crippen LogP contribution is -1.91. The summed E-state index contributed by atoms with van der Waals surface area (Å²) in [7, 11) is 0. The molecule has 13 heavy (non-hydrogen) atoms. The molecule has 0 saturated heterocycles. The van der Waals surface area contributed by atoms with Crippen molar-refractivity contribution in [3.8, 4) is 0 Å². The Morgan fingerprint density at radius 2 is 1.92 bits per heavy atom. The number of ketones is 1. The molecule has 0 aliphatic heterocycles. The molecule has 1 fully saturated rings. The van der Waals surface area contributed by atoms with E-state index >= 15 is 0 Å². The van der Waals surface area contributed by atoms with Gasteiger partial charge in [-0.3, -0.25) is 4.79 Å². The predicted molar refractivity (Wildman–Crippen MR) is 57.7 cm³/mol.